The van der Waals surface area contributed by atoms with Gasteiger partial charge in [0.15, 0.2) is 11.6 Å². The highest BCUT2D eigenvalue weighted by atomic mass is 16.1. The third-order valence-corrected chi connectivity index (χ3v) is 1.89. The Bertz CT molecular complexity index is 374. The average molecular weight is 192 g/mol. The van der Waals surface area contributed by atoms with Crippen molar-refractivity contribution in [2.75, 3.05) is 0 Å². The number of Topliss-reactive ketones (excluding diaryl/α,β-unsaturated/α-hetero) is 2. The Kier molecular flexibility index (Phi) is 3.09. The van der Waals surface area contributed by atoms with E-state index in [9.17, 15) is 9.59 Å². The van der Waals surface area contributed by atoms with Gasteiger partial charge in [0.2, 0.25) is 0 Å². The molecule has 74 valence electrons. The summed E-state index contributed by atoms with van der Waals surface area (Å²) in [7, 11) is 0. The maximum absolute atomic E-state index is 11.0. The number of carbonyl (C=O) groups excluding carboxylic acids is 2. The summed E-state index contributed by atoms with van der Waals surface area (Å²) in [6.07, 6.45) is 0. The fourth-order valence-corrected chi connectivity index (χ4v) is 1.03. The molecule has 0 radical (unpaired) electrons. The van der Waals surface area contributed by atoms with Gasteiger partial charge in [-0.1, -0.05) is 6.07 Å². The lowest BCUT2D eigenvalue weighted by molar-refractivity contribution is -0.118. The maximum atomic E-state index is 11.0. The Morgan fingerprint density at radius 2 is 2.00 bits per heavy atom. The van der Waals surface area contributed by atoms with Crippen LogP contribution in [0.1, 0.15) is 36.1 Å². The topological polar surface area (TPSA) is 73.1 Å². The Morgan fingerprint density at radius 1 is 1.36 bits per heavy atom. The van der Waals surface area contributed by atoms with E-state index in [0.29, 0.717) is 11.4 Å². The number of pyridine rings is 1. The summed E-state index contributed by atoms with van der Waals surface area (Å²) >= 11 is 0. The van der Waals surface area contributed by atoms with E-state index in [2.05, 4.69) is 4.98 Å². The predicted molar refractivity (Wildman–Crippen MR) is 51.9 cm³/mol. The van der Waals surface area contributed by atoms with Gasteiger partial charge in [-0.05, 0) is 19.1 Å². The van der Waals surface area contributed by atoms with Gasteiger partial charge in [0.1, 0.15) is 11.7 Å². The molecule has 0 aromatic carbocycles. The highest BCUT2D eigenvalue weighted by molar-refractivity contribution is 5.92. The van der Waals surface area contributed by atoms with Crippen LogP contribution in [0.3, 0.4) is 0 Å². The molecule has 0 spiro atoms. The SMILES string of the molecule is CC(=O)c1cccc(C(N)C(C)=O)n1. The Hall–Kier alpha value is -1.55. The summed E-state index contributed by atoms with van der Waals surface area (Å²) in [4.78, 5) is 26.0. The minimum absolute atomic E-state index is 0.136. The van der Waals surface area contributed by atoms with E-state index in [1.807, 2.05) is 0 Å². The van der Waals surface area contributed by atoms with Gasteiger partial charge in [-0.15, -0.1) is 0 Å². The van der Waals surface area contributed by atoms with Crippen LogP contribution < -0.4 is 5.73 Å². The van der Waals surface area contributed by atoms with Crippen molar-refractivity contribution in [3.63, 3.8) is 0 Å². The Balaban J connectivity index is 3.05. The number of aromatic nitrogens is 1. The lowest BCUT2D eigenvalue weighted by Gasteiger charge is -2.07. The molecule has 4 nitrogen and oxygen atoms in total. The Morgan fingerprint density at radius 3 is 2.50 bits per heavy atom. The lowest BCUT2D eigenvalue weighted by Crippen LogP contribution is -2.20. The number of ketones is 2. The summed E-state index contributed by atoms with van der Waals surface area (Å²) in [5.74, 6) is -0.305. The van der Waals surface area contributed by atoms with E-state index in [1.165, 1.54) is 13.8 Å². The van der Waals surface area contributed by atoms with E-state index in [1.54, 1.807) is 18.2 Å². The highest BCUT2D eigenvalue weighted by Gasteiger charge is 2.13. The van der Waals surface area contributed by atoms with Crippen molar-refractivity contribution in [1.82, 2.24) is 4.98 Å². The van der Waals surface area contributed by atoms with E-state index in [0.717, 1.165) is 0 Å². The minimum atomic E-state index is -0.741. The molecule has 0 aliphatic heterocycles. The fraction of sp³-hybridized carbons (Fsp3) is 0.300. The third kappa shape index (κ3) is 2.23. The molecule has 14 heavy (non-hydrogen) atoms. The van der Waals surface area contributed by atoms with Crippen LogP contribution >= 0.6 is 0 Å². The summed E-state index contributed by atoms with van der Waals surface area (Å²) in [6, 6.07) is 4.16. The molecule has 0 amide bonds. The van der Waals surface area contributed by atoms with E-state index < -0.39 is 6.04 Å². The van der Waals surface area contributed by atoms with Gasteiger partial charge < -0.3 is 5.73 Å². The smallest absolute Gasteiger partial charge is 0.178 e. The predicted octanol–water partition coefficient (Wildman–Crippen LogP) is 0.873. The van der Waals surface area contributed by atoms with Gasteiger partial charge in [-0.3, -0.25) is 9.59 Å². The first-order valence-electron chi connectivity index (χ1n) is 4.26. The number of hydrogen-bond donors (Lipinski definition) is 1. The molecule has 0 saturated carbocycles. The van der Waals surface area contributed by atoms with Gasteiger partial charge in [-0.2, -0.15) is 0 Å². The molecule has 0 aliphatic rings. The van der Waals surface area contributed by atoms with Crippen LogP contribution in [0.2, 0.25) is 0 Å². The normalized spacial score (nSPS) is 12.2. The first-order valence-corrected chi connectivity index (χ1v) is 4.26. The zero-order valence-corrected chi connectivity index (χ0v) is 8.15. The molecular weight excluding hydrogens is 180 g/mol. The van der Waals surface area contributed by atoms with Gasteiger partial charge >= 0.3 is 0 Å². The summed E-state index contributed by atoms with van der Waals surface area (Å²) in [5.41, 5.74) is 6.35. The number of hydrogen-bond acceptors (Lipinski definition) is 4. The quantitative estimate of drug-likeness (QED) is 0.721. The molecule has 0 aliphatic carbocycles. The van der Waals surface area contributed by atoms with E-state index in [-0.39, 0.29) is 11.6 Å². The molecule has 1 rings (SSSR count). The molecule has 2 N–H and O–H groups in total. The van der Waals surface area contributed by atoms with Crippen molar-refractivity contribution in [2.45, 2.75) is 19.9 Å². The van der Waals surface area contributed by atoms with Crippen LogP contribution in [0.25, 0.3) is 0 Å². The van der Waals surface area contributed by atoms with Crippen molar-refractivity contribution >= 4 is 11.6 Å². The molecule has 1 aromatic heterocycles. The lowest BCUT2D eigenvalue weighted by atomic mass is 10.1. The monoisotopic (exact) mass is 192 g/mol. The van der Waals surface area contributed by atoms with Gasteiger partial charge in [0.25, 0.3) is 0 Å². The second-order valence-corrected chi connectivity index (χ2v) is 3.09. The van der Waals surface area contributed by atoms with Crippen molar-refractivity contribution < 1.29 is 9.59 Å². The minimum Gasteiger partial charge on any atom is -0.317 e. The third-order valence-electron chi connectivity index (χ3n) is 1.89. The second-order valence-electron chi connectivity index (χ2n) is 3.09. The van der Waals surface area contributed by atoms with Gasteiger partial charge in [0, 0.05) is 6.92 Å². The first-order chi connectivity index (χ1) is 6.52. The van der Waals surface area contributed by atoms with Gasteiger partial charge in [0.05, 0.1) is 5.69 Å². The zero-order chi connectivity index (χ0) is 10.7. The van der Waals surface area contributed by atoms with Crippen molar-refractivity contribution in [2.24, 2.45) is 5.73 Å². The average Bonchev–Trinajstić information content (AvgIpc) is 2.16. The number of carbonyl (C=O) groups is 2. The number of nitrogens with zero attached hydrogens (tertiary/aromatic N) is 1. The molecule has 4 heteroatoms. The summed E-state index contributed by atoms with van der Waals surface area (Å²) < 4.78 is 0. The van der Waals surface area contributed by atoms with Crippen LogP contribution in [-0.4, -0.2) is 16.6 Å². The van der Waals surface area contributed by atoms with Crippen LogP contribution in [0.5, 0.6) is 0 Å². The molecule has 0 saturated heterocycles. The summed E-state index contributed by atoms with van der Waals surface area (Å²) in [5, 5.41) is 0. The van der Waals surface area contributed by atoms with E-state index in [4.69, 9.17) is 5.73 Å². The largest absolute Gasteiger partial charge is 0.317 e. The molecule has 0 fully saturated rings. The molecule has 1 atom stereocenters. The van der Waals surface area contributed by atoms with Crippen molar-refractivity contribution in [1.29, 1.82) is 0 Å². The van der Waals surface area contributed by atoms with Crippen molar-refractivity contribution in [3.8, 4) is 0 Å². The van der Waals surface area contributed by atoms with Gasteiger partial charge in [-0.25, -0.2) is 4.98 Å². The second kappa shape index (κ2) is 4.11. The molecular formula is C10H12N2O2. The zero-order valence-electron chi connectivity index (χ0n) is 8.15. The summed E-state index contributed by atoms with van der Waals surface area (Å²) in [6.45, 7) is 2.82. The fourth-order valence-electron chi connectivity index (χ4n) is 1.03. The Labute approximate surface area is 82.1 Å². The molecule has 1 heterocycles. The van der Waals surface area contributed by atoms with E-state index >= 15 is 0 Å². The molecule has 1 aromatic rings. The van der Waals surface area contributed by atoms with Crippen LogP contribution in [0.4, 0.5) is 0 Å². The maximum Gasteiger partial charge on any atom is 0.178 e. The van der Waals surface area contributed by atoms with Crippen molar-refractivity contribution in [3.05, 3.63) is 29.6 Å². The van der Waals surface area contributed by atoms with Crippen LogP contribution in [0.15, 0.2) is 18.2 Å². The molecule has 0 bridgehead atoms. The van der Waals surface area contributed by atoms with Crippen LogP contribution in [0, 0.1) is 0 Å². The standard InChI is InChI=1S/C10H12N2O2/c1-6(13)8-4-3-5-9(12-8)10(11)7(2)14/h3-5,10H,11H2,1-2H3. The molecule has 1 unspecified atom stereocenters. The number of nitrogens with two attached hydrogens (primary N) is 1. The number of rotatable bonds is 3. The first kappa shape index (κ1) is 10.5. The van der Waals surface area contributed by atoms with Crippen LogP contribution in [-0.2, 0) is 4.79 Å². The highest BCUT2D eigenvalue weighted by Crippen LogP contribution is 2.09.